The van der Waals surface area contributed by atoms with Crippen LogP contribution in [-0.2, 0) is 4.79 Å². The number of thioether (sulfide) groups is 1. The molecule has 0 bridgehead atoms. The number of nitrogens with two attached hydrogens (primary N) is 1. The van der Waals surface area contributed by atoms with E-state index in [9.17, 15) is 19.7 Å². The van der Waals surface area contributed by atoms with Crippen LogP contribution in [0.1, 0.15) is 31.1 Å². The maximum atomic E-state index is 11.8. The van der Waals surface area contributed by atoms with Gasteiger partial charge in [-0.2, -0.15) is 0 Å². The van der Waals surface area contributed by atoms with Gasteiger partial charge in [-0.05, 0) is 25.0 Å². The summed E-state index contributed by atoms with van der Waals surface area (Å²) in [5, 5.41) is 13.9. The molecule has 120 valence electrons. The van der Waals surface area contributed by atoms with Crippen LogP contribution < -0.4 is 11.1 Å². The summed E-state index contributed by atoms with van der Waals surface area (Å²) in [5.41, 5.74) is 4.94. The minimum Gasteiger partial charge on any atom is -0.366 e. The van der Waals surface area contributed by atoms with Crippen molar-refractivity contribution in [3.63, 3.8) is 0 Å². The molecule has 0 aliphatic carbocycles. The summed E-state index contributed by atoms with van der Waals surface area (Å²) in [6.07, 6.45) is 0. The zero-order valence-electron chi connectivity index (χ0n) is 12.7. The number of nitrogens with one attached hydrogen (secondary N) is 1. The molecule has 0 saturated carbocycles. The first-order valence-corrected chi connectivity index (χ1v) is 7.71. The molecule has 0 heterocycles. The van der Waals surface area contributed by atoms with Gasteiger partial charge in [0.1, 0.15) is 0 Å². The number of benzene rings is 1. The summed E-state index contributed by atoms with van der Waals surface area (Å²) >= 11 is 1.05. The van der Waals surface area contributed by atoms with Gasteiger partial charge in [-0.3, -0.25) is 19.7 Å². The van der Waals surface area contributed by atoms with Crippen molar-refractivity contribution in [1.29, 1.82) is 0 Å². The van der Waals surface area contributed by atoms with Gasteiger partial charge >= 0.3 is 0 Å². The largest absolute Gasteiger partial charge is 0.366 e. The second-order valence-electron chi connectivity index (χ2n) is 5.19. The number of nitro benzene ring substituents is 1. The molecule has 0 aliphatic heterocycles. The van der Waals surface area contributed by atoms with E-state index in [0.29, 0.717) is 10.8 Å². The zero-order valence-corrected chi connectivity index (χ0v) is 13.5. The molecule has 0 aliphatic rings. The molecule has 1 rings (SSSR count). The van der Waals surface area contributed by atoms with Crippen LogP contribution in [0, 0.1) is 16.0 Å². The molecular formula is C14H19N3O4S. The number of rotatable bonds is 7. The smallest absolute Gasteiger partial charge is 0.283 e. The number of carbonyl (C=O) groups excluding carboxylic acids is 2. The fourth-order valence-corrected chi connectivity index (χ4v) is 2.36. The maximum Gasteiger partial charge on any atom is 0.283 e. The van der Waals surface area contributed by atoms with Crippen LogP contribution >= 0.6 is 11.8 Å². The van der Waals surface area contributed by atoms with Crippen LogP contribution in [0.2, 0.25) is 0 Å². The normalized spacial score (nSPS) is 12.0. The highest BCUT2D eigenvalue weighted by Gasteiger charge is 2.18. The first-order chi connectivity index (χ1) is 10.2. The summed E-state index contributed by atoms with van der Waals surface area (Å²) in [6, 6.07) is 3.99. The van der Waals surface area contributed by atoms with Crippen LogP contribution in [0.5, 0.6) is 0 Å². The average Bonchev–Trinajstić information content (AvgIpc) is 2.44. The van der Waals surface area contributed by atoms with Gasteiger partial charge in [0.2, 0.25) is 11.8 Å². The van der Waals surface area contributed by atoms with Crippen molar-refractivity contribution >= 4 is 29.3 Å². The Balaban J connectivity index is 2.79. The third-order valence-corrected chi connectivity index (χ3v) is 4.25. The fraction of sp³-hybridized carbons (Fsp3) is 0.429. The molecule has 7 nitrogen and oxygen atoms in total. The van der Waals surface area contributed by atoms with Gasteiger partial charge < -0.3 is 11.1 Å². The van der Waals surface area contributed by atoms with Gasteiger partial charge in [-0.25, -0.2) is 0 Å². The van der Waals surface area contributed by atoms with Gasteiger partial charge in [-0.1, -0.05) is 13.8 Å². The van der Waals surface area contributed by atoms with Crippen LogP contribution in [0.15, 0.2) is 23.1 Å². The lowest BCUT2D eigenvalue weighted by atomic mass is 10.1. The molecule has 0 spiro atoms. The lowest BCUT2D eigenvalue weighted by Crippen LogP contribution is -2.37. The minimum atomic E-state index is -0.733. The second kappa shape index (κ2) is 7.79. The van der Waals surface area contributed by atoms with Crippen LogP contribution in [0.4, 0.5) is 5.69 Å². The van der Waals surface area contributed by atoms with E-state index in [0.717, 1.165) is 17.8 Å². The summed E-state index contributed by atoms with van der Waals surface area (Å²) in [4.78, 5) is 33.7. The van der Waals surface area contributed by atoms with Crippen LogP contribution in [-0.4, -0.2) is 28.5 Å². The van der Waals surface area contributed by atoms with E-state index in [1.165, 1.54) is 12.1 Å². The Hall–Kier alpha value is -2.09. The molecule has 0 saturated heterocycles. The van der Waals surface area contributed by atoms with E-state index in [4.69, 9.17) is 5.73 Å². The number of amides is 2. The Morgan fingerprint density at radius 3 is 2.50 bits per heavy atom. The van der Waals surface area contributed by atoms with Crippen molar-refractivity contribution in [1.82, 2.24) is 5.32 Å². The molecule has 3 N–H and O–H groups in total. The quantitative estimate of drug-likeness (QED) is 0.451. The summed E-state index contributed by atoms with van der Waals surface area (Å²) in [5.74, 6) is -0.561. The lowest BCUT2D eigenvalue weighted by Gasteiger charge is -2.17. The van der Waals surface area contributed by atoms with Crippen LogP contribution in [0.3, 0.4) is 0 Å². The van der Waals surface area contributed by atoms with Crippen molar-refractivity contribution in [2.75, 3.05) is 5.75 Å². The molecule has 1 unspecified atom stereocenters. The van der Waals surface area contributed by atoms with E-state index in [1.54, 1.807) is 0 Å². The molecular weight excluding hydrogens is 306 g/mol. The summed E-state index contributed by atoms with van der Waals surface area (Å²) in [6.45, 7) is 5.88. The Bertz CT molecular complexity index is 589. The fourth-order valence-electron chi connectivity index (χ4n) is 1.54. The third kappa shape index (κ3) is 5.03. The summed E-state index contributed by atoms with van der Waals surface area (Å²) in [7, 11) is 0. The molecule has 1 aromatic carbocycles. The molecule has 8 heteroatoms. The zero-order chi connectivity index (χ0) is 16.9. The number of carbonyl (C=O) groups is 2. The minimum absolute atomic E-state index is 0.0281. The highest BCUT2D eigenvalue weighted by atomic mass is 32.2. The molecule has 0 radical (unpaired) electrons. The average molecular weight is 325 g/mol. The topological polar surface area (TPSA) is 115 Å². The monoisotopic (exact) mass is 325 g/mol. The van der Waals surface area contributed by atoms with Crippen molar-refractivity contribution < 1.29 is 14.5 Å². The summed E-state index contributed by atoms with van der Waals surface area (Å²) < 4.78 is 0. The van der Waals surface area contributed by atoms with Gasteiger partial charge in [0.15, 0.2) is 0 Å². The predicted octanol–water partition coefficient (Wildman–Crippen LogP) is 1.95. The van der Waals surface area contributed by atoms with Crippen molar-refractivity contribution in [2.45, 2.75) is 31.7 Å². The predicted molar refractivity (Wildman–Crippen MR) is 84.8 cm³/mol. The van der Waals surface area contributed by atoms with Crippen molar-refractivity contribution in [3.8, 4) is 0 Å². The molecule has 2 amide bonds. The van der Waals surface area contributed by atoms with E-state index in [-0.39, 0.29) is 29.0 Å². The number of nitrogens with zero attached hydrogens (tertiary/aromatic N) is 1. The Kier molecular flexibility index (Phi) is 6.36. The third-order valence-electron chi connectivity index (χ3n) is 3.19. The first kappa shape index (κ1) is 18.0. The Morgan fingerprint density at radius 2 is 2.00 bits per heavy atom. The lowest BCUT2D eigenvalue weighted by molar-refractivity contribution is -0.387. The number of hydrogen-bond donors (Lipinski definition) is 2. The van der Waals surface area contributed by atoms with E-state index in [2.05, 4.69) is 5.32 Å². The Morgan fingerprint density at radius 1 is 1.36 bits per heavy atom. The Labute approximate surface area is 132 Å². The van der Waals surface area contributed by atoms with Gasteiger partial charge in [0.05, 0.1) is 15.6 Å². The van der Waals surface area contributed by atoms with Crippen LogP contribution in [0.25, 0.3) is 0 Å². The number of primary amides is 1. The van der Waals surface area contributed by atoms with E-state index < -0.39 is 10.8 Å². The molecule has 0 fully saturated rings. The molecule has 22 heavy (non-hydrogen) atoms. The first-order valence-electron chi connectivity index (χ1n) is 6.72. The highest BCUT2D eigenvalue weighted by Crippen LogP contribution is 2.30. The highest BCUT2D eigenvalue weighted by molar-refractivity contribution is 8.00. The molecule has 1 aromatic rings. The van der Waals surface area contributed by atoms with Crippen molar-refractivity contribution in [3.05, 3.63) is 33.9 Å². The maximum absolute atomic E-state index is 11.8. The number of hydrogen-bond acceptors (Lipinski definition) is 5. The number of nitro groups is 1. The molecule has 0 aromatic heterocycles. The molecule has 1 atom stereocenters. The van der Waals surface area contributed by atoms with Gasteiger partial charge in [-0.15, -0.1) is 11.8 Å². The second-order valence-corrected chi connectivity index (χ2v) is 6.21. The van der Waals surface area contributed by atoms with Gasteiger partial charge in [0, 0.05) is 17.7 Å². The SMILES string of the molecule is CC(C)C(C)NC(=O)CSc1ccc(C(N)=O)cc1[N+](=O)[O-]. The van der Waals surface area contributed by atoms with Gasteiger partial charge in [0.25, 0.3) is 5.69 Å². The van der Waals surface area contributed by atoms with Crippen molar-refractivity contribution in [2.24, 2.45) is 11.7 Å². The standard InChI is InChI=1S/C14H19N3O4S/c1-8(2)9(3)16-13(18)7-22-12-5-4-10(14(15)19)6-11(12)17(20)21/h4-6,8-9H,7H2,1-3H3,(H2,15,19)(H,16,18). The van der Waals surface area contributed by atoms with E-state index in [1.807, 2.05) is 20.8 Å². The van der Waals surface area contributed by atoms with E-state index >= 15 is 0 Å².